The molecule has 4 aromatic rings. The average Bonchev–Trinajstić information content (AvgIpc) is 3.50. The molecule has 0 aromatic heterocycles. The van der Waals surface area contributed by atoms with Crippen LogP contribution in [-0.4, -0.2) is 40.6 Å². The van der Waals surface area contributed by atoms with E-state index in [0.29, 0.717) is 29.8 Å². The molecule has 0 saturated carbocycles. The van der Waals surface area contributed by atoms with Crippen molar-refractivity contribution < 1.29 is 29.3 Å². The number of anilines is 1. The van der Waals surface area contributed by atoms with Crippen molar-refractivity contribution in [1.82, 2.24) is 5.32 Å². The number of phenolic OH excluding ortho intramolecular Hbond substituents is 1. The van der Waals surface area contributed by atoms with Gasteiger partial charge in [0.25, 0.3) is 0 Å². The largest absolute Gasteiger partial charge is 0.508 e. The first kappa shape index (κ1) is 28.4. The van der Waals surface area contributed by atoms with Gasteiger partial charge in [0.05, 0.1) is 24.6 Å². The Hall–Kier alpha value is -4.69. The third kappa shape index (κ3) is 4.36. The molecular formula is C35H34N2O6. The number of carbonyl (C=O) groups is 3. The lowest BCUT2D eigenvalue weighted by molar-refractivity contribution is -0.148. The van der Waals surface area contributed by atoms with Crippen molar-refractivity contribution in [1.29, 1.82) is 0 Å². The molecule has 220 valence electrons. The highest BCUT2D eigenvalue weighted by atomic mass is 16.5. The number of hydrogen-bond donors (Lipinski definition) is 3. The molecule has 2 saturated heterocycles. The van der Waals surface area contributed by atoms with Crippen LogP contribution in [0, 0.1) is 11.8 Å². The number of ether oxygens (including phenoxy) is 1. The van der Waals surface area contributed by atoms with Crippen LogP contribution in [0.4, 0.5) is 5.69 Å². The minimum absolute atomic E-state index is 0.0505. The second-order valence-electron chi connectivity index (χ2n) is 11.3. The van der Waals surface area contributed by atoms with E-state index < -0.39 is 41.2 Å². The van der Waals surface area contributed by atoms with Gasteiger partial charge >= 0.3 is 5.97 Å². The first-order valence-corrected chi connectivity index (χ1v) is 14.6. The Balaban J connectivity index is 1.58. The molecule has 4 atom stereocenters. The lowest BCUT2D eigenvalue weighted by atomic mass is 9.76. The van der Waals surface area contributed by atoms with Crippen molar-refractivity contribution >= 4 is 34.2 Å². The summed E-state index contributed by atoms with van der Waals surface area (Å²) in [6, 6.07) is 22.5. The molecule has 2 aliphatic rings. The molecule has 0 spiro atoms. The Morgan fingerprint density at radius 3 is 2.14 bits per heavy atom. The highest BCUT2D eigenvalue weighted by molar-refractivity contribution is 6.25. The number of aryl methyl sites for hydroxylation is 2. The summed E-state index contributed by atoms with van der Waals surface area (Å²) in [5.74, 6) is -3.56. The summed E-state index contributed by atoms with van der Waals surface area (Å²) in [7, 11) is 1.59. The summed E-state index contributed by atoms with van der Waals surface area (Å²) in [6.07, 6.45) is 1.16. The number of carbonyl (C=O) groups excluding carboxylic acids is 2. The molecule has 43 heavy (non-hydrogen) atoms. The predicted octanol–water partition coefficient (Wildman–Crippen LogP) is 5.20. The zero-order valence-corrected chi connectivity index (χ0v) is 24.3. The Morgan fingerprint density at radius 1 is 0.884 bits per heavy atom. The fourth-order valence-corrected chi connectivity index (χ4v) is 7.11. The number of nitrogens with zero attached hydrogens (tertiary/aromatic N) is 1. The number of rotatable bonds is 8. The van der Waals surface area contributed by atoms with Crippen LogP contribution in [0.2, 0.25) is 0 Å². The molecule has 3 N–H and O–H groups in total. The third-order valence-corrected chi connectivity index (χ3v) is 9.12. The lowest BCUT2D eigenvalue weighted by Gasteiger charge is -2.32. The van der Waals surface area contributed by atoms with Crippen LogP contribution < -0.4 is 15.0 Å². The molecule has 2 fully saturated rings. The fourth-order valence-electron chi connectivity index (χ4n) is 7.11. The second-order valence-corrected chi connectivity index (χ2v) is 11.3. The highest BCUT2D eigenvalue weighted by Crippen LogP contribution is 2.53. The number of aromatic hydroxyl groups is 1. The van der Waals surface area contributed by atoms with Gasteiger partial charge in [-0.25, -0.2) is 4.90 Å². The van der Waals surface area contributed by atoms with Crippen molar-refractivity contribution in [3.8, 4) is 11.5 Å². The van der Waals surface area contributed by atoms with E-state index in [1.807, 2.05) is 68.4 Å². The van der Waals surface area contributed by atoms with Crippen LogP contribution in [0.15, 0.2) is 78.9 Å². The number of amides is 2. The summed E-state index contributed by atoms with van der Waals surface area (Å²) in [6.45, 7) is 3.95. The van der Waals surface area contributed by atoms with Crippen LogP contribution in [-0.2, 0) is 33.6 Å². The molecule has 8 heteroatoms. The van der Waals surface area contributed by atoms with E-state index in [0.717, 1.165) is 27.5 Å². The first-order valence-electron chi connectivity index (χ1n) is 14.6. The van der Waals surface area contributed by atoms with E-state index >= 15 is 0 Å². The highest BCUT2D eigenvalue weighted by Gasteiger charge is 2.69. The van der Waals surface area contributed by atoms with Gasteiger partial charge < -0.3 is 14.9 Å². The number of hydrogen-bond acceptors (Lipinski definition) is 6. The zero-order valence-electron chi connectivity index (χ0n) is 24.3. The van der Waals surface area contributed by atoms with Crippen LogP contribution >= 0.6 is 0 Å². The topological polar surface area (TPSA) is 116 Å². The molecule has 2 aliphatic heterocycles. The number of aliphatic carboxylic acids is 1. The number of benzene rings is 4. The Kier molecular flexibility index (Phi) is 7.18. The molecule has 8 nitrogen and oxygen atoms in total. The van der Waals surface area contributed by atoms with Crippen molar-refractivity contribution in [2.75, 3.05) is 12.0 Å². The number of fused-ring (bicyclic) bond motifs is 2. The van der Waals surface area contributed by atoms with Crippen molar-refractivity contribution in [3.05, 3.63) is 101 Å². The normalized spacial score (nSPS) is 23.1. The lowest BCUT2D eigenvalue weighted by Crippen LogP contribution is -2.57. The van der Waals surface area contributed by atoms with Gasteiger partial charge in [-0.1, -0.05) is 74.5 Å². The third-order valence-electron chi connectivity index (χ3n) is 9.12. The SMILES string of the molecule is CCc1cccc(CC)c1N1C(=O)C2C(c3ccc(OC)c4ccccc34)NC(Cc3ccc(O)cc3)(C(=O)O)C2C1=O. The number of methoxy groups -OCH3 is 1. The minimum Gasteiger partial charge on any atom is -0.508 e. The second kappa shape index (κ2) is 10.9. The predicted molar refractivity (Wildman–Crippen MR) is 163 cm³/mol. The van der Waals surface area contributed by atoms with E-state index in [9.17, 15) is 24.6 Å². The standard InChI is InChI=1S/C35H34N2O6/c1-4-21-9-8-10-22(5-2)31(21)37-32(39)28-29(33(37)40)35(34(41)42,19-20-13-15-23(38)16-14-20)36-30(28)26-17-18-27(43-3)25-12-7-6-11-24(25)26/h6-18,28-30,36,38H,4-5,19H2,1-3H3,(H,41,42). The minimum atomic E-state index is -1.79. The van der Waals surface area contributed by atoms with E-state index in [-0.39, 0.29) is 12.2 Å². The molecule has 2 amide bonds. The maximum atomic E-state index is 14.6. The van der Waals surface area contributed by atoms with Crippen molar-refractivity contribution in [2.24, 2.45) is 11.8 Å². The van der Waals surface area contributed by atoms with E-state index in [4.69, 9.17) is 4.74 Å². The average molecular weight is 579 g/mol. The maximum absolute atomic E-state index is 14.6. The molecule has 4 unspecified atom stereocenters. The Bertz CT molecular complexity index is 1730. The Labute approximate surface area is 249 Å². The molecule has 4 aromatic carbocycles. The van der Waals surface area contributed by atoms with Gasteiger partial charge in [-0.3, -0.25) is 19.7 Å². The van der Waals surface area contributed by atoms with Gasteiger partial charge in [0.15, 0.2) is 0 Å². The zero-order chi connectivity index (χ0) is 30.5. The quantitative estimate of drug-likeness (QED) is 0.246. The number of phenols is 1. The number of nitrogens with one attached hydrogen (secondary N) is 1. The van der Waals surface area contributed by atoms with Gasteiger partial charge in [-0.2, -0.15) is 0 Å². The van der Waals surface area contributed by atoms with Gasteiger partial charge in [0, 0.05) is 17.8 Å². The maximum Gasteiger partial charge on any atom is 0.325 e. The van der Waals surface area contributed by atoms with Crippen LogP contribution in [0.5, 0.6) is 11.5 Å². The summed E-state index contributed by atoms with van der Waals surface area (Å²) in [4.78, 5) is 43.9. The van der Waals surface area contributed by atoms with Crippen LogP contribution in [0.3, 0.4) is 0 Å². The van der Waals surface area contributed by atoms with E-state index in [2.05, 4.69) is 5.32 Å². The van der Waals surface area contributed by atoms with E-state index in [1.165, 1.54) is 17.0 Å². The van der Waals surface area contributed by atoms with Crippen LogP contribution in [0.25, 0.3) is 10.8 Å². The molecule has 2 heterocycles. The fraction of sp³-hybridized carbons (Fsp3) is 0.286. The van der Waals surface area contributed by atoms with Gasteiger partial charge in [0.2, 0.25) is 11.8 Å². The van der Waals surface area contributed by atoms with Crippen molar-refractivity contribution in [2.45, 2.75) is 44.7 Å². The molecular weight excluding hydrogens is 544 g/mol. The van der Waals surface area contributed by atoms with E-state index in [1.54, 1.807) is 19.2 Å². The van der Waals surface area contributed by atoms with Gasteiger partial charge in [0.1, 0.15) is 17.0 Å². The first-order chi connectivity index (χ1) is 20.7. The Morgan fingerprint density at radius 2 is 1.53 bits per heavy atom. The number of para-hydroxylation sites is 1. The van der Waals surface area contributed by atoms with Gasteiger partial charge in [-0.15, -0.1) is 0 Å². The summed E-state index contributed by atoms with van der Waals surface area (Å²) in [5, 5.41) is 25.8. The molecule has 0 bridgehead atoms. The molecule has 6 rings (SSSR count). The monoisotopic (exact) mass is 578 g/mol. The van der Waals surface area contributed by atoms with Crippen LogP contribution in [0.1, 0.15) is 42.1 Å². The number of carboxylic acid groups (broad SMARTS) is 1. The van der Waals surface area contributed by atoms with Crippen molar-refractivity contribution in [3.63, 3.8) is 0 Å². The van der Waals surface area contributed by atoms with Gasteiger partial charge in [-0.05, 0) is 58.7 Å². The number of imide groups is 1. The summed E-state index contributed by atoms with van der Waals surface area (Å²) < 4.78 is 5.60. The summed E-state index contributed by atoms with van der Waals surface area (Å²) >= 11 is 0. The molecule has 0 radical (unpaired) electrons. The number of carboxylic acids is 1. The molecule has 0 aliphatic carbocycles. The summed E-state index contributed by atoms with van der Waals surface area (Å²) in [5.41, 5.74) is 1.85. The smallest absolute Gasteiger partial charge is 0.325 e.